The summed E-state index contributed by atoms with van der Waals surface area (Å²) in [6, 6.07) is 8.17. The van der Waals surface area contributed by atoms with Crippen molar-refractivity contribution in [3.8, 4) is 17.6 Å². The molecule has 1 rings (SSSR count). The van der Waals surface area contributed by atoms with E-state index in [-0.39, 0.29) is 0 Å². The molecule has 0 unspecified atom stereocenters. The first-order chi connectivity index (χ1) is 7.86. The van der Waals surface area contributed by atoms with Gasteiger partial charge >= 0.3 is 0 Å². The molecule has 1 N–H and O–H groups in total. The average molecular weight is 217 g/mol. The lowest BCUT2D eigenvalue weighted by Gasteiger charge is -2.06. The van der Waals surface area contributed by atoms with Gasteiger partial charge in [-0.3, -0.25) is 0 Å². The van der Waals surface area contributed by atoms with Crippen molar-refractivity contribution < 1.29 is 4.74 Å². The van der Waals surface area contributed by atoms with Crippen molar-refractivity contribution in [2.24, 2.45) is 0 Å². The highest BCUT2D eigenvalue weighted by molar-refractivity contribution is 5.28. The Morgan fingerprint density at radius 3 is 3.00 bits per heavy atom. The third kappa shape index (κ3) is 4.86. The quantitative estimate of drug-likeness (QED) is 0.584. The van der Waals surface area contributed by atoms with Gasteiger partial charge in [-0.15, -0.1) is 11.8 Å². The molecule has 0 aliphatic carbocycles. The first-order valence-electron chi connectivity index (χ1n) is 5.69. The van der Waals surface area contributed by atoms with E-state index in [1.165, 1.54) is 5.56 Å². The summed E-state index contributed by atoms with van der Waals surface area (Å²) < 4.78 is 5.60. The van der Waals surface area contributed by atoms with Crippen LogP contribution >= 0.6 is 0 Å². The van der Waals surface area contributed by atoms with Crippen LogP contribution in [0, 0.1) is 11.8 Å². The highest BCUT2D eigenvalue weighted by Gasteiger charge is 1.95. The third-order valence-corrected chi connectivity index (χ3v) is 2.15. The van der Waals surface area contributed by atoms with Crippen molar-refractivity contribution in [3.63, 3.8) is 0 Å². The van der Waals surface area contributed by atoms with Crippen LogP contribution in [0.5, 0.6) is 5.75 Å². The van der Waals surface area contributed by atoms with Crippen LogP contribution in [0.25, 0.3) is 0 Å². The summed E-state index contributed by atoms with van der Waals surface area (Å²) >= 11 is 0. The summed E-state index contributed by atoms with van der Waals surface area (Å²) in [6.45, 7) is 6.48. The van der Waals surface area contributed by atoms with Crippen molar-refractivity contribution in [2.75, 3.05) is 13.2 Å². The monoisotopic (exact) mass is 217 g/mol. The topological polar surface area (TPSA) is 21.3 Å². The fourth-order valence-electron chi connectivity index (χ4n) is 1.36. The smallest absolute Gasteiger partial charge is 0.119 e. The first-order valence-corrected chi connectivity index (χ1v) is 5.69. The van der Waals surface area contributed by atoms with Gasteiger partial charge in [-0.05, 0) is 31.2 Å². The summed E-state index contributed by atoms with van der Waals surface area (Å²) in [5, 5.41) is 3.29. The van der Waals surface area contributed by atoms with Crippen LogP contribution in [0.2, 0.25) is 0 Å². The Balaban J connectivity index is 2.42. The molecule has 86 valence electrons. The van der Waals surface area contributed by atoms with Gasteiger partial charge in [-0.2, -0.15) is 0 Å². The second-order valence-electron chi connectivity index (χ2n) is 3.45. The second kappa shape index (κ2) is 7.78. The molecule has 0 aromatic heterocycles. The van der Waals surface area contributed by atoms with E-state index in [0.29, 0.717) is 6.61 Å². The summed E-state index contributed by atoms with van der Waals surface area (Å²) in [7, 11) is 0. The molecule has 2 nitrogen and oxygen atoms in total. The highest BCUT2D eigenvalue weighted by Crippen LogP contribution is 2.13. The van der Waals surface area contributed by atoms with Crippen LogP contribution in [0.1, 0.15) is 25.8 Å². The zero-order chi connectivity index (χ0) is 11.6. The number of hydrogen-bond acceptors (Lipinski definition) is 2. The van der Waals surface area contributed by atoms with Gasteiger partial charge in [0.1, 0.15) is 5.75 Å². The van der Waals surface area contributed by atoms with Crippen LogP contribution in [-0.2, 0) is 6.54 Å². The summed E-state index contributed by atoms with van der Waals surface area (Å²) in [5.41, 5.74) is 1.25. The fourth-order valence-corrected chi connectivity index (χ4v) is 1.36. The fraction of sp³-hybridized carbons (Fsp3) is 0.429. The van der Waals surface area contributed by atoms with Gasteiger partial charge in [0.05, 0.1) is 6.61 Å². The number of ether oxygens (including phenoxy) is 1. The van der Waals surface area contributed by atoms with Crippen LogP contribution in [0.15, 0.2) is 24.3 Å². The molecule has 0 radical (unpaired) electrons. The van der Waals surface area contributed by atoms with Gasteiger partial charge in [0.2, 0.25) is 0 Å². The van der Waals surface area contributed by atoms with E-state index in [4.69, 9.17) is 4.74 Å². The molecular weight excluding hydrogens is 198 g/mol. The molecule has 0 atom stereocenters. The van der Waals surface area contributed by atoms with E-state index in [0.717, 1.165) is 25.3 Å². The molecule has 0 aliphatic rings. The zero-order valence-electron chi connectivity index (χ0n) is 10.0. The molecule has 0 aliphatic heterocycles. The maximum atomic E-state index is 5.60. The van der Waals surface area contributed by atoms with Gasteiger partial charge in [0, 0.05) is 13.0 Å². The first kappa shape index (κ1) is 12.6. The number of rotatable bonds is 6. The molecule has 0 saturated carbocycles. The molecule has 0 spiro atoms. The Labute approximate surface area is 98.0 Å². The zero-order valence-corrected chi connectivity index (χ0v) is 10.0. The van der Waals surface area contributed by atoms with Gasteiger partial charge in [-0.25, -0.2) is 0 Å². The molecule has 0 heterocycles. The maximum absolute atomic E-state index is 5.60. The molecule has 0 amide bonds. The van der Waals surface area contributed by atoms with E-state index in [1.807, 2.05) is 19.1 Å². The van der Waals surface area contributed by atoms with Gasteiger partial charge in [-0.1, -0.05) is 19.1 Å². The van der Waals surface area contributed by atoms with Crippen LogP contribution < -0.4 is 10.1 Å². The lowest BCUT2D eigenvalue weighted by molar-refractivity contribution is 0.327. The molecule has 16 heavy (non-hydrogen) atoms. The Morgan fingerprint density at radius 1 is 1.38 bits per heavy atom. The standard InChI is InChI=1S/C14H19NO/c1-3-5-6-10-16-14-9-7-8-13(11-14)12-15-4-2/h7-9,11,15H,4,6,10,12H2,1-2H3. The van der Waals surface area contributed by atoms with E-state index < -0.39 is 0 Å². The minimum absolute atomic E-state index is 0.658. The molecular formula is C14H19NO. The lowest BCUT2D eigenvalue weighted by atomic mass is 10.2. The van der Waals surface area contributed by atoms with Crippen molar-refractivity contribution >= 4 is 0 Å². The maximum Gasteiger partial charge on any atom is 0.119 e. The molecule has 1 aromatic rings. The van der Waals surface area contributed by atoms with Crippen LogP contribution in [-0.4, -0.2) is 13.2 Å². The van der Waals surface area contributed by atoms with Crippen molar-refractivity contribution in [2.45, 2.75) is 26.8 Å². The Morgan fingerprint density at radius 2 is 2.25 bits per heavy atom. The van der Waals surface area contributed by atoms with Crippen LogP contribution in [0.4, 0.5) is 0 Å². The predicted molar refractivity (Wildman–Crippen MR) is 67.4 cm³/mol. The van der Waals surface area contributed by atoms with E-state index in [1.54, 1.807) is 0 Å². The summed E-state index contributed by atoms with van der Waals surface area (Å²) in [4.78, 5) is 0. The Bertz CT molecular complexity index is 362. The minimum atomic E-state index is 0.658. The predicted octanol–water partition coefficient (Wildman–Crippen LogP) is 2.59. The SMILES string of the molecule is CC#CCCOc1cccc(CNCC)c1. The van der Waals surface area contributed by atoms with E-state index >= 15 is 0 Å². The van der Waals surface area contributed by atoms with Gasteiger partial charge in [0.15, 0.2) is 0 Å². The second-order valence-corrected chi connectivity index (χ2v) is 3.45. The molecule has 2 heteroatoms. The van der Waals surface area contributed by atoms with E-state index in [2.05, 4.69) is 36.2 Å². The number of nitrogens with one attached hydrogen (secondary N) is 1. The van der Waals surface area contributed by atoms with Gasteiger partial charge < -0.3 is 10.1 Å². The average Bonchev–Trinajstić information content (AvgIpc) is 2.33. The normalized spacial score (nSPS) is 9.38. The molecule has 0 bridgehead atoms. The number of hydrogen-bond donors (Lipinski definition) is 1. The van der Waals surface area contributed by atoms with E-state index in [9.17, 15) is 0 Å². The molecule has 1 aromatic carbocycles. The van der Waals surface area contributed by atoms with Crippen molar-refractivity contribution in [3.05, 3.63) is 29.8 Å². The van der Waals surface area contributed by atoms with Crippen molar-refractivity contribution in [1.29, 1.82) is 0 Å². The third-order valence-electron chi connectivity index (χ3n) is 2.15. The Hall–Kier alpha value is -1.46. The minimum Gasteiger partial charge on any atom is -0.493 e. The highest BCUT2D eigenvalue weighted by atomic mass is 16.5. The Kier molecular flexibility index (Phi) is 6.13. The molecule has 0 saturated heterocycles. The van der Waals surface area contributed by atoms with Crippen LogP contribution in [0.3, 0.4) is 0 Å². The molecule has 0 fully saturated rings. The largest absolute Gasteiger partial charge is 0.493 e. The van der Waals surface area contributed by atoms with Gasteiger partial charge in [0.25, 0.3) is 0 Å². The number of benzene rings is 1. The summed E-state index contributed by atoms with van der Waals surface area (Å²) in [6.07, 6.45) is 0.786. The lowest BCUT2D eigenvalue weighted by Crippen LogP contribution is -2.11. The summed E-state index contributed by atoms with van der Waals surface area (Å²) in [5.74, 6) is 6.76. The van der Waals surface area contributed by atoms with Crippen molar-refractivity contribution in [1.82, 2.24) is 5.32 Å².